The summed E-state index contributed by atoms with van der Waals surface area (Å²) in [6.07, 6.45) is 2.94. The number of allylic oxidation sites excluding steroid dienone is 1. The summed E-state index contributed by atoms with van der Waals surface area (Å²) >= 11 is 5.36. The molecule has 3 nitrogen and oxygen atoms in total. The van der Waals surface area contributed by atoms with Crippen LogP contribution in [-0.4, -0.2) is 15.7 Å². The Bertz CT molecular complexity index is 610. The number of nitrogens with one attached hydrogen (secondary N) is 1. The number of nitrogens with zero attached hydrogens (tertiary/aromatic N) is 1. The number of aryl methyl sites for hydroxylation is 1. The average Bonchev–Trinajstić information content (AvgIpc) is 2.63. The van der Waals surface area contributed by atoms with E-state index >= 15 is 0 Å². The number of benzene rings is 1. The lowest BCUT2D eigenvalue weighted by Gasteiger charge is -2.10. The number of hydrogen-bond acceptors (Lipinski definition) is 2. The van der Waals surface area contributed by atoms with Crippen molar-refractivity contribution in [2.75, 3.05) is 0 Å². The van der Waals surface area contributed by atoms with Crippen LogP contribution in [0.3, 0.4) is 0 Å². The Kier molecular flexibility index (Phi) is 3.87. The Morgan fingerprint density at radius 2 is 2.28 bits per heavy atom. The van der Waals surface area contributed by atoms with Crippen LogP contribution in [0, 0.1) is 4.77 Å². The van der Waals surface area contributed by atoms with E-state index in [1.54, 1.807) is 0 Å². The number of imidazole rings is 1. The molecule has 96 valence electrons. The van der Waals surface area contributed by atoms with Gasteiger partial charge in [-0.15, -0.1) is 6.58 Å². The second kappa shape index (κ2) is 5.40. The molecule has 0 saturated heterocycles. The van der Waals surface area contributed by atoms with Crippen LogP contribution < -0.4 is 4.74 Å². The van der Waals surface area contributed by atoms with E-state index in [2.05, 4.69) is 22.2 Å². The number of H-pyrrole nitrogens is 1. The maximum absolute atomic E-state index is 5.79. The molecule has 0 atom stereocenters. The van der Waals surface area contributed by atoms with Gasteiger partial charge in [0, 0.05) is 6.54 Å². The molecule has 4 heteroatoms. The fourth-order valence-electron chi connectivity index (χ4n) is 1.95. The monoisotopic (exact) mass is 262 g/mol. The number of fused-ring (bicyclic) bond motifs is 1. The molecule has 0 aliphatic carbocycles. The van der Waals surface area contributed by atoms with Crippen molar-refractivity contribution in [3.05, 3.63) is 35.6 Å². The van der Waals surface area contributed by atoms with Crippen LogP contribution in [0.5, 0.6) is 5.75 Å². The molecule has 0 aliphatic heterocycles. The third-order valence-electron chi connectivity index (χ3n) is 2.69. The molecule has 1 aromatic heterocycles. The van der Waals surface area contributed by atoms with E-state index in [0.29, 0.717) is 0 Å². The summed E-state index contributed by atoms with van der Waals surface area (Å²) in [4.78, 5) is 3.23. The Balaban J connectivity index is 2.52. The molecule has 0 amide bonds. The predicted molar refractivity (Wildman–Crippen MR) is 77.7 cm³/mol. The van der Waals surface area contributed by atoms with E-state index in [1.807, 2.05) is 32.1 Å². The van der Waals surface area contributed by atoms with Gasteiger partial charge in [0.25, 0.3) is 0 Å². The molecule has 2 rings (SSSR count). The highest BCUT2D eigenvalue weighted by atomic mass is 32.1. The molecule has 0 radical (unpaired) electrons. The standard InChI is InChI=1S/C14H18N2OS/c1-4-5-9-16-11-7-6-8-12(17-10(2)3)13(11)15-14(16)18/h4,6-8,10H,1,5,9H2,2-3H3,(H,15,18). The van der Waals surface area contributed by atoms with Gasteiger partial charge >= 0.3 is 0 Å². The van der Waals surface area contributed by atoms with Crippen LogP contribution >= 0.6 is 12.2 Å². The van der Waals surface area contributed by atoms with E-state index in [4.69, 9.17) is 17.0 Å². The van der Waals surface area contributed by atoms with Gasteiger partial charge in [-0.25, -0.2) is 0 Å². The third kappa shape index (κ3) is 2.48. The molecule has 18 heavy (non-hydrogen) atoms. The summed E-state index contributed by atoms with van der Waals surface area (Å²) in [6, 6.07) is 6.01. The number of aromatic nitrogens is 2. The van der Waals surface area contributed by atoms with Crippen LogP contribution in [0.25, 0.3) is 11.0 Å². The second-order valence-electron chi connectivity index (χ2n) is 4.48. The van der Waals surface area contributed by atoms with E-state index in [1.165, 1.54) is 0 Å². The Hall–Kier alpha value is -1.55. The molecular weight excluding hydrogens is 244 g/mol. The van der Waals surface area contributed by atoms with Crippen LogP contribution in [0.1, 0.15) is 20.3 Å². The Morgan fingerprint density at radius 1 is 1.50 bits per heavy atom. The SMILES string of the molecule is C=CCCn1c(=S)[nH]c2c(OC(C)C)cccc21. The van der Waals surface area contributed by atoms with Gasteiger partial charge in [0.2, 0.25) is 0 Å². The minimum absolute atomic E-state index is 0.147. The van der Waals surface area contributed by atoms with E-state index in [0.717, 1.165) is 34.5 Å². The first-order valence-electron chi connectivity index (χ1n) is 6.12. The van der Waals surface area contributed by atoms with Crippen LogP contribution in [0.15, 0.2) is 30.9 Å². The first-order valence-corrected chi connectivity index (χ1v) is 6.53. The molecule has 0 fully saturated rings. The number of ether oxygens (including phenoxy) is 1. The summed E-state index contributed by atoms with van der Waals surface area (Å²) in [5, 5.41) is 0. The topological polar surface area (TPSA) is 29.9 Å². The highest BCUT2D eigenvalue weighted by Crippen LogP contribution is 2.26. The van der Waals surface area contributed by atoms with Gasteiger partial charge < -0.3 is 14.3 Å². The number of hydrogen-bond donors (Lipinski definition) is 1. The van der Waals surface area contributed by atoms with E-state index in [-0.39, 0.29) is 6.10 Å². The van der Waals surface area contributed by atoms with Crippen molar-refractivity contribution in [2.24, 2.45) is 0 Å². The summed E-state index contributed by atoms with van der Waals surface area (Å²) < 4.78 is 8.60. The van der Waals surface area contributed by atoms with Crippen LogP contribution in [-0.2, 0) is 6.54 Å². The normalized spacial score (nSPS) is 11.1. The Labute approximate surface area is 112 Å². The van der Waals surface area contributed by atoms with Gasteiger partial charge in [-0.05, 0) is 44.6 Å². The molecule has 0 unspecified atom stereocenters. The van der Waals surface area contributed by atoms with Crippen molar-refractivity contribution in [3.8, 4) is 5.75 Å². The number of para-hydroxylation sites is 1. The van der Waals surface area contributed by atoms with Crippen molar-refractivity contribution in [1.82, 2.24) is 9.55 Å². The van der Waals surface area contributed by atoms with Crippen molar-refractivity contribution in [1.29, 1.82) is 0 Å². The smallest absolute Gasteiger partial charge is 0.178 e. The largest absolute Gasteiger partial charge is 0.489 e. The predicted octanol–water partition coefficient (Wildman–Crippen LogP) is 4.06. The molecule has 2 aromatic rings. The lowest BCUT2D eigenvalue weighted by atomic mass is 10.3. The van der Waals surface area contributed by atoms with Crippen molar-refractivity contribution in [2.45, 2.75) is 32.9 Å². The fourth-order valence-corrected chi connectivity index (χ4v) is 2.24. The van der Waals surface area contributed by atoms with Gasteiger partial charge in [0.1, 0.15) is 11.3 Å². The van der Waals surface area contributed by atoms with Crippen LogP contribution in [0.2, 0.25) is 0 Å². The van der Waals surface area contributed by atoms with Gasteiger partial charge in [-0.3, -0.25) is 0 Å². The van der Waals surface area contributed by atoms with Crippen molar-refractivity contribution >= 4 is 23.3 Å². The van der Waals surface area contributed by atoms with E-state index < -0.39 is 0 Å². The minimum atomic E-state index is 0.147. The van der Waals surface area contributed by atoms with Gasteiger partial charge in [0.05, 0.1) is 11.6 Å². The molecule has 1 heterocycles. The molecule has 0 bridgehead atoms. The Morgan fingerprint density at radius 3 is 2.94 bits per heavy atom. The lowest BCUT2D eigenvalue weighted by molar-refractivity contribution is 0.245. The summed E-state index contributed by atoms with van der Waals surface area (Å²) in [5.74, 6) is 0.853. The average molecular weight is 262 g/mol. The summed E-state index contributed by atoms with van der Waals surface area (Å²) in [6.45, 7) is 8.62. The number of rotatable bonds is 5. The first kappa shape index (κ1) is 12.9. The highest BCUT2D eigenvalue weighted by Gasteiger charge is 2.09. The zero-order chi connectivity index (χ0) is 13.1. The third-order valence-corrected chi connectivity index (χ3v) is 3.01. The van der Waals surface area contributed by atoms with Gasteiger partial charge in [0.15, 0.2) is 4.77 Å². The quantitative estimate of drug-likeness (QED) is 0.650. The maximum Gasteiger partial charge on any atom is 0.178 e. The summed E-state index contributed by atoms with van der Waals surface area (Å²) in [7, 11) is 0. The lowest BCUT2D eigenvalue weighted by Crippen LogP contribution is -2.05. The second-order valence-corrected chi connectivity index (χ2v) is 4.86. The van der Waals surface area contributed by atoms with Gasteiger partial charge in [-0.2, -0.15) is 0 Å². The molecule has 0 aliphatic rings. The minimum Gasteiger partial charge on any atom is -0.489 e. The van der Waals surface area contributed by atoms with E-state index in [9.17, 15) is 0 Å². The van der Waals surface area contributed by atoms with Crippen LogP contribution in [0.4, 0.5) is 0 Å². The highest BCUT2D eigenvalue weighted by molar-refractivity contribution is 7.71. The van der Waals surface area contributed by atoms with Gasteiger partial charge in [-0.1, -0.05) is 12.1 Å². The zero-order valence-corrected chi connectivity index (χ0v) is 11.6. The zero-order valence-electron chi connectivity index (χ0n) is 10.8. The molecular formula is C14H18N2OS. The molecule has 1 N–H and O–H groups in total. The fraction of sp³-hybridized carbons (Fsp3) is 0.357. The first-order chi connectivity index (χ1) is 8.63. The summed E-state index contributed by atoms with van der Waals surface area (Å²) in [5.41, 5.74) is 2.06. The van der Waals surface area contributed by atoms with Crippen molar-refractivity contribution in [3.63, 3.8) is 0 Å². The maximum atomic E-state index is 5.79. The number of aromatic amines is 1. The molecule has 1 aromatic carbocycles. The van der Waals surface area contributed by atoms with Crippen molar-refractivity contribution < 1.29 is 4.74 Å². The molecule has 0 saturated carbocycles. The molecule has 0 spiro atoms.